The van der Waals surface area contributed by atoms with Crippen molar-refractivity contribution in [2.24, 2.45) is 0 Å². The SMILES string of the molecule is Cc1c(F)c(I)cc(C(=O)C(F)(F)F)c1F. The Bertz CT molecular complexity index is 452. The molecule has 0 saturated heterocycles. The van der Waals surface area contributed by atoms with E-state index in [1.54, 1.807) is 0 Å². The average Bonchev–Trinajstić information content (AvgIpc) is 2.18. The third kappa shape index (κ3) is 2.33. The molecule has 0 aromatic heterocycles. The predicted molar refractivity (Wildman–Crippen MR) is 54.2 cm³/mol. The molecule has 0 N–H and O–H groups in total. The summed E-state index contributed by atoms with van der Waals surface area (Å²) in [5.41, 5.74) is -1.75. The second-order valence-corrected chi connectivity index (χ2v) is 4.15. The topological polar surface area (TPSA) is 17.1 Å². The Balaban J connectivity index is 3.43. The van der Waals surface area contributed by atoms with E-state index in [9.17, 15) is 26.7 Å². The number of Topliss-reactive ketones (excluding diaryl/α,β-unsaturated/α-hetero) is 1. The molecular weight excluding hydrogens is 346 g/mol. The Morgan fingerprint density at radius 3 is 2.19 bits per heavy atom. The van der Waals surface area contributed by atoms with Gasteiger partial charge in [0.15, 0.2) is 0 Å². The Labute approximate surface area is 101 Å². The van der Waals surface area contributed by atoms with Gasteiger partial charge in [-0.15, -0.1) is 0 Å². The highest BCUT2D eigenvalue weighted by atomic mass is 127. The average molecular weight is 350 g/mol. The van der Waals surface area contributed by atoms with E-state index in [-0.39, 0.29) is 3.57 Å². The number of ketones is 1. The van der Waals surface area contributed by atoms with E-state index >= 15 is 0 Å². The van der Waals surface area contributed by atoms with Crippen molar-refractivity contribution in [1.29, 1.82) is 0 Å². The van der Waals surface area contributed by atoms with Crippen molar-refractivity contribution in [2.45, 2.75) is 13.1 Å². The maximum atomic E-state index is 13.3. The number of hydrogen-bond acceptors (Lipinski definition) is 1. The van der Waals surface area contributed by atoms with Crippen molar-refractivity contribution in [3.8, 4) is 0 Å². The molecule has 0 bridgehead atoms. The van der Waals surface area contributed by atoms with Gasteiger partial charge in [0.25, 0.3) is 5.78 Å². The second-order valence-electron chi connectivity index (χ2n) is 2.99. The zero-order valence-electron chi connectivity index (χ0n) is 7.75. The van der Waals surface area contributed by atoms with E-state index < -0.39 is 34.7 Å². The van der Waals surface area contributed by atoms with Gasteiger partial charge in [-0.2, -0.15) is 13.2 Å². The molecule has 16 heavy (non-hydrogen) atoms. The first-order chi connectivity index (χ1) is 7.16. The van der Waals surface area contributed by atoms with Crippen LogP contribution in [0.3, 0.4) is 0 Å². The smallest absolute Gasteiger partial charge is 0.284 e. The van der Waals surface area contributed by atoms with Gasteiger partial charge >= 0.3 is 6.18 Å². The van der Waals surface area contributed by atoms with Gasteiger partial charge < -0.3 is 0 Å². The van der Waals surface area contributed by atoms with E-state index in [1.165, 1.54) is 22.6 Å². The normalized spacial score (nSPS) is 11.7. The summed E-state index contributed by atoms with van der Waals surface area (Å²) in [4.78, 5) is 10.8. The standard InChI is InChI=1S/C9H4F5IO/c1-3-6(10)4(2-5(15)7(3)11)8(16)9(12,13)14/h2H,1H3. The number of halogens is 6. The van der Waals surface area contributed by atoms with E-state index in [2.05, 4.69) is 0 Å². The number of carbonyl (C=O) groups is 1. The molecule has 7 heteroatoms. The molecule has 0 amide bonds. The molecule has 0 heterocycles. The molecule has 0 spiro atoms. The Kier molecular flexibility index (Phi) is 3.56. The van der Waals surface area contributed by atoms with Crippen molar-refractivity contribution in [2.75, 3.05) is 0 Å². The summed E-state index contributed by atoms with van der Waals surface area (Å²) in [6.07, 6.45) is -5.17. The lowest BCUT2D eigenvalue weighted by Gasteiger charge is -2.09. The van der Waals surface area contributed by atoms with Crippen LogP contribution in [0.2, 0.25) is 0 Å². The molecule has 1 aromatic rings. The second kappa shape index (κ2) is 4.27. The summed E-state index contributed by atoms with van der Waals surface area (Å²) in [6, 6.07) is 0.550. The van der Waals surface area contributed by atoms with Crippen molar-refractivity contribution in [1.82, 2.24) is 0 Å². The van der Waals surface area contributed by atoms with E-state index in [0.29, 0.717) is 6.07 Å². The molecule has 0 aliphatic carbocycles. The number of rotatable bonds is 1. The lowest BCUT2D eigenvalue weighted by atomic mass is 10.1. The highest BCUT2D eigenvalue weighted by Gasteiger charge is 2.41. The van der Waals surface area contributed by atoms with Gasteiger partial charge in [-0.05, 0) is 35.6 Å². The minimum atomic E-state index is -5.17. The van der Waals surface area contributed by atoms with Crippen molar-refractivity contribution >= 4 is 28.4 Å². The van der Waals surface area contributed by atoms with Gasteiger partial charge in [-0.25, -0.2) is 8.78 Å². The predicted octanol–water partition coefficient (Wildman–Crippen LogP) is 3.62. The minimum absolute atomic E-state index is 0.232. The van der Waals surface area contributed by atoms with Crippen molar-refractivity contribution in [3.63, 3.8) is 0 Å². The van der Waals surface area contributed by atoms with Gasteiger partial charge in [-0.1, -0.05) is 0 Å². The monoisotopic (exact) mass is 350 g/mol. The minimum Gasteiger partial charge on any atom is -0.284 e. The molecule has 0 saturated carbocycles. The van der Waals surface area contributed by atoms with Crippen LogP contribution in [0.15, 0.2) is 6.07 Å². The van der Waals surface area contributed by atoms with Gasteiger partial charge in [0.05, 0.1) is 5.56 Å². The summed E-state index contributed by atoms with van der Waals surface area (Å²) in [5.74, 6) is -4.75. The molecule has 0 atom stereocenters. The molecule has 0 aliphatic rings. The van der Waals surface area contributed by atoms with Gasteiger partial charge in [-0.3, -0.25) is 4.79 Å². The van der Waals surface area contributed by atoms with Crippen LogP contribution in [-0.2, 0) is 0 Å². The first-order valence-electron chi connectivity index (χ1n) is 3.92. The molecule has 1 nitrogen and oxygen atoms in total. The summed E-state index contributed by atoms with van der Waals surface area (Å²) < 4.78 is 62.3. The number of benzene rings is 1. The highest BCUT2D eigenvalue weighted by molar-refractivity contribution is 14.1. The van der Waals surface area contributed by atoms with Crippen LogP contribution in [0, 0.1) is 22.1 Å². The number of alkyl halides is 3. The third-order valence-corrected chi connectivity index (χ3v) is 2.66. The van der Waals surface area contributed by atoms with E-state index in [0.717, 1.165) is 6.92 Å². The molecule has 88 valence electrons. The van der Waals surface area contributed by atoms with Crippen LogP contribution in [0.4, 0.5) is 22.0 Å². The summed E-state index contributed by atoms with van der Waals surface area (Å²) >= 11 is 1.39. The van der Waals surface area contributed by atoms with Crippen LogP contribution in [-0.4, -0.2) is 12.0 Å². The number of carbonyl (C=O) groups excluding carboxylic acids is 1. The van der Waals surface area contributed by atoms with E-state index in [1.807, 2.05) is 0 Å². The zero-order valence-corrected chi connectivity index (χ0v) is 9.91. The van der Waals surface area contributed by atoms with Crippen LogP contribution in [0.1, 0.15) is 15.9 Å². The van der Waals surface area contributed by atoms with Gasteiger partial charge in [0.2, 0.25) is 0 Å². The Hall–Kier alpha value is -0.730. The molecule has 0 aliphatic heterocycles. The molecular formula is C9H4F5IO. The van der Waals surface area contributed by atoms with Crippen LogP contribution in [0.5, 0.6) is 0 Å². The van der Waals surface area contributed by atoms with Gasteiger partial charge in [0.1, 0.15) is 11.6 Å². The molecule has 1 rings (SSSR count). The highest BCUT2D eigenvalue weighted by Crippen LogP contribution is 2.27. The quantitative estimate of drug-likeness (QED) is 0.327. The Morgan fingerprint density at radius 2 is 1.75 bits per heavy atom. The summed E-state index contributed by atoms with van der Waals surface area (Å²) in [5, 5.41) is 0. The fourth-order valence-corrected chi connectivity index (χ4v) is 1.76. The van der Waals surface area contributed by atoms with Crippen molar-refractivity contribution < 1.29 is 26.7 Å². The molecule has 0 radical (unpaired) electrons. The van der Waals surface area contributed by atoms with Gasteiger partial charge in [0, 0.05) is 9.13 Å². The van der Waals surface area contributed by atoms with Crippen LogP contribution >= 0.6 is 22.6 Å². The maximum absolute atomic E-state index is 13.3. The molecule has 1 aromatic carbocycles. The molecule has 0 fully saturated rings. The fourth-order valence-electron chi connectivity index (χ4n) is 1.05. The van der Waals surface area contributed by atoms with Crippen LogP contribution < -0.4 is 0 Å². The third-order valence-electron chi connectivity index (χ3n) is 1.88. The summed E-state index contributed by atoms with van der Waals surface area (Å²) in [6.45, 7) is 0.972. The summed E-state index contributed by atoms with van der Waals surface area (Å²) in [7, 11) is 0. The van der Waals surface area contributed by atoms with Crippen LogP contribution in [0.25, 0.3) is 0 Å². The van der Waals surface area contributed by atoms with E-state index in [4.69, 9.17) is 0 Å². The maximum Gasteiger partial charge on any atom is 0.454 e. The Morgan fingerprint density at radius 1 is 1.25 bits per heavy atom. The fraction of sp³-hybridized carbons (Fsp3) is 0.222. The molecule has 0 unspecified atom stereocenters. The van der Waals surface area contributed by atoms with Crippen molar-refractivity contribution in [3.05, 3.63) is 32.4 Å². The number of hydrogen-bond donors (Lipinski definition) is 0. The first-order valence-corrected chi connectivity index (χ1v) is 4.99. The zero-order chi connectivity index (χ0) is 12.7. The first kappa shape index (κ1) is 13.3. The lowest BCUT2D eigenvalue weighted by molar-refractivity contribution is -0.0887. The largest absolute Gasteiger partial charge is 0.454 e. The lowest BCUT2D eigenvalue weighted by Crippen LogP contribution is -2.24.